The van der Waals surface area contributed by atoms with Gasteiger partial charge in [-0.1, -0.05) is 24.3 Å². The summed E-state index contributed by atoms with van der Waals surface area (Å²) in [5.41, 5.74) is 3.64. The maximum atomic E-state index is 15.0. The van der Waals surface area contributed by atoms with Gasteiger partial charge in [0.15, 0.2) is 5.82 Å². The average Bonchev–Trinajstić information content (AvgIpc) is 3.76. The van der Waals surface area contributed by atoms with Crippen molar-refractivity contribution in [2.75, 3.05) is 42.6 Å². The molecule has 0 bridgehead atoms. The van der Waals surface area contributed by atoms with Crippen molar-refractivity contribution in [1.82, 2.24) is 15.3 Å². The molecule has 1 saturated carbocycles. The van der Waals surface area contributed by atoms with Crippen molar-refractivity contribution >= 4 is 34.7 Å². The molecule has 1 saturated heterocycles. The first-order valence-corrected chi connectivity index (χ1v) is 14.7. The number of thiophene rings is 1. The first kappa shape index (κ1) is 25.8. The van der Waals surface area contributed by atoms with Crippen LogP contribution in [0.4, 0.5) is 15.9 Å². The lowest BCUT2D eigenvalue weighted by molar-refractivity contribution is 0.0952. The second-order valence-electron chi connectivity index (χ2n) is 10.5. The van der Waals surface area contributed by atoms with Crippen LogP contribution in [0.25, 0.3) is 21.7 Å². The molecule has 208 valence electrons. The maximum Gasteiger partial charge on any atom is 0.276 e. The highest BCUT2D eigenvalue weighted by Crippen LogP contribution is 2.42. The molecule has 2 fully saturated rings. The number of rotatable bonds is 5. The van der Waals surface area contributed by atoms with Gasteiger partial charge in [-0.3, -0.25) is 9.59 Å². The van der Waals surface area contributed by atoms with Gasteiger partial charge in [-0.05, 0) is 55.2 Å². The monoisotopic (exact) mass is 569 g/mol. The highest BCUT2D eigenvalue weighted by molar-refractivity contribution is 7.17. The second kappa shape index (κ2) is 10.7. The number of nitrogens with one attached hydrogen (secondary N) is 1. The van der Waals surface area contributed by atoms with E-state index >= 15 is 0 Å². The van der Waals surface area contributed by atoms with Crippen molar-refractivity contribution in [3.05, 3.63) is 82.7 Å². The van der Waals surface area contributed by atoms with Crippen molar-refractivity contribution in [2.45, 2.75) is 25.3 Å². The number of amides is 2. The van der Waals surface area contributed by atoms with Crippen molar-refractivity contribution in [2.24, 2.45) is 0 Å². The van der Waals surface area contributed by atoms with Crippen molar-refractivity contribution in [3.8, 4) is 21.7 Å². The van der Waals surface area contributed by atoms with E-state index in [0.717, 1.165) is 34.5 Å². The number of morpholine rings is 1. The van der Waals surface area contributed by atoms with E-state index in [9.17, 15) is 14.0 Å². The van der Waals surface area contributed by atoms with Crippen molar-refractivity contribution in [3.63, 3.8) is 0 Å². The van der Waals surface area contributed by atoms with Crippen molar-refractivity contribution in [1.29, 1.82) is 0 Å². The summed E-state index contributed by atoms with van der Waals surface area (Å²) in [6.07, 6.45) is 3.88. The number of ether oxygens (including phenoxy) is 1. The first-order chi connectivity index (χ1) is 20.0. The first-order valence-electron chi connectivity index (χ1n) is 13.9. The summed E-state index contributed by atoms with van der Waals surface area (Å²) in [7, 11) is 0. The Balaban J connectivity index is 1.19. The zero-order valence-electron chi connectivity index (χ0n) is 22.3. The zero-order chi connectivity index (χ0) is 27.9. The topological polar surface area (TPSA) is 87.7 Å². The summed E-state index contributed by atoms with van der Waals surface area (Å²) < 4.78 is 20.4. The molecule has 8 nitrogen and oxygen atoms in total. The highest BCUT2D eigenvalue weighted by atomic mass is 32.1. The van der Waals surface area contributed by atoms with E-state index < -0.39 is 5.82 Å². The molecular weight excluding hydrogens is 541 g/mol. The normalized spacial score (nSPS) is 16.5. The van der Waals surface area contributed by atoms with Crippen LogP contribution in [0.3, 0.4) is 0 Å². The lowest BCUT2D eigenvalue weighted by atomic mass is 10.1. The van der Waals surface area contributed by atoms with Crippen LogP contribution in [0.5, 0.6) is 0 Å². The number of carbonyl (C=O) groups is 2. The van der Waals surface area contributed by atoms with E-state index in [2.05, 4.69) is 20.2 Å². The van der Waals surface area contributed by atoms with E-state index in [1.807, 2.05) is 30.3 Å². The molecule has 2 amide bonds. The Bertz CT molecular complexity index is 1650. The number of hydrogen-bond donors (Lipinski definition) is 1. The van der Waals surface area contributed by atoms with Gasteiger partial charge in [0.2, 0.25) is 0 Å². The van der Waals surface area contributed by atoms with E-state index in [1.165, 1.54) is 17.5 Å². The van der Waals surface area contributed by atoms with Crippen molar-refractivity contribution < 1.29 is 18.7 Å². The molecule has 5 heterocycles. The molecule has 4 aromatic rings. The Morgan fingerprint density at radius 2 is 1.83 bits per heavy atom. The van der Waals surface area contributed by atoms with E-state index in [1.54, 1.807) is 29.2 Å². The molecule has 1 aromatic carbocycles. The third-order valence-corrected chi connectivity index (χ3v) is 8.86. The SMILES string of the molecule is O=C(NC1CC1)c1cc2c(s1)-c1ccccc1N(C(=O)c1cccc(-c3cc(N4CCOCC4)ncc3F)n1)CC2. The number of pyridine rings is 2. The molecule has 7 rings (SSSR count). The number of para-hydroxylation sites is 1. The summed E-state index contributed by atoms with van der Waals surface area (Å²) in [6, 6.07) is 16.8. The fourth-order valence-electron chi connectivity index (χ4n) is 5.33. The molecule has 0 radical (unpaired) electrons. The number of aromatic nitrogens is 2. The Kier molecular flexibility index (Phi) is 6.72. The van der Waals surface area contributed by atoms with Gasteiger partial charge in [0.25, 0.3) is 11.8 Å². The Labute approximate surface area is 240 Å². The van der Waals surface area contributed by atoms with Crippen LogP contribution in [0, 0.1) is 5.82 Å². The summed E-state index contributed by atoms with van der Waals surface area (Å²) in [6.45, 7) is 2.97. The van der Waals surface area contributed by atoms with E-state index in [0.29, 0.717) is 67.3 Å². The van der Waals surface area contributed by atoms with Crippen LogP contribution in [0.1, 0.15) is 38.6 Å². The molecule has 0 unspecified atom stereocenters. The van der Waals surface area contributed by atoms with Gasteiger partial charge in [0.05, 0.1) is 35.7 Å². The quantitative estimate of drug-likeness (QED) is 0.366. The van der Waals surface area contributed by atoms with E-state index in [4.69, 9.17) is 4.74 Å². The Morgan fingerprint density at radius 3 is 2.66 bits per heavy atom. The van der Waals surface area contributed by atoms with Gasteiger partial charge >= 0.3 is 0 Å². The summed E-state index contributed by atoms with van der Waals surface area (Å²) in [5, 5.41) is 3.07. The predicted octanol–water partition coefficient (Wildman–Crippen LogP) is 4.94. The van der Waals surface area contributed by atoms with Gasteiger partial charge in [-0.25, -0.2) is 14.4 Å². The number of anilines is 2. The molecule has 1 aliphatic carbocycles. The summed E-state index contributed by atoms with van der Waals surface area (Å²) in [4.78, 5) is 41.1. The number of carbonyl (C=O) groups excluding carboxylic acids is 2. The van der Waals surface area contributed by atoms with Crippen LogP contribution in [-0.4, -0.2) is 60.7 Å². The van der Waals surface area contributed by atoms with Gasteiger partial charge in [0.1, 0.15) is 11.5 Å². The van der Waals surface area contributed by atoms with Gasteiger partial charge < -0.3 is 19.9 Å². The average molecular weight is 570 g/mol. The minimum Gasteiger partial charge on any atom is -0.378 e. The molecular formula is C31H28FN5O3S. The smallest absolute Gasteiger partial charge is 0.276 e. The number of fused-ring (bicyclic) bond motifs is 3. The fraction of sp³-hybridized carbons (Fsp3) is 0.290. The molecule has 2 aliphatic heterocycles. The minimum atomic E-state index is -0.495. The lowest BCUT2D eigenvalue weighted by Crippen LogP contribution is -2.36. The third kappa shape index (κ3) is 5.09. The number of hydrogen-bond acceptors (Lipinski definition) is 7. The van der Waals surface area contributed by atoms with Gasteiger partial charge in [-0.2, -0.15) is 0 Å². The van der Waals surface area contributed by atoms with Gasteiger partial charge in [0, 0.05) is 41.7 Å². The molecule has 1 N–H and O–H groups in total. The van der Waals surface area contributed by atoms with Crippen LogP contribution < -0.4 is 15.1 Å². The summed E-state index contributed by atoms with van der Waals surface area (Å²) >= 11 is 1.47. The van der Waals surface area contributed by atoms with Crippen LogP contribution in [0.2, 0.25) is 0 Å². The maximum absolute atomic E-state index is 15.0. The van der Waals surface area contributed by atoms with Crippen LogP contribution in [-0.2, 0) is 11.2 Å². The Morgan fingerprint density at radius 1 is 1.00 bits per heavy atom. The van der Waals surface area contributed by atoms with E-state index in [-0.39, 0.29) is 17.5 Å². The molecule has 10 heteroatoms. The number of halogens is 1. The van der Waals surface area contributed by atoms with Crippen LogP contribution in [0.15, 0.2) is 60.8 Å². The minimum absolute atomic E-state index is 0.0304. The predicted molar refractivity (Wildman–Crippen MR) is 156 cm³/mol. The lowest BCUT2D eigenvalue weighted by Gasteiger charge is -2.28. The molecule has 3 aliphatic rings. The standard InChI is InChI=1S/C31H28FN5O3S/c32-23-18-33-28(36-12-14-40-15-13-36)17-22(23)24-5-3-6-25(35-24)31(39)37-11-10-19-16-27(30(38)34-20-8-9-20)41-29(19)21-4-1-2-7-26(21)37/h1-7,16-18,20H,8-15H2,(H,34,38). The number of nitrogens with zero attached hydrogens (tertiary/aromatic N) is 4. The molecule has 3 aromatic heterocycles. The molecule has 0 atom stereocenters. The zero-order valence-corrected chi connectivity index (χ0v) is 23.1. The molecule has 41 heavy (non-hydrogen) atoms. The third-order valence-electron chi connectivity index (χ3n) is 7.65. The number of benzene rings is 1. The van der Waals surface area contributed by atoms with Crippen LogP contribution >= 0.6 is 11.3 Å². The highest BCUT2D eigenvalue weighted by Gasteiger charge is 2.30. The molecule has 0 spiro atoms. The summed E-state index contributed by atoms with van der Waals surface area (Å²) in [5.74, 6) is -0.132. The second-order valence-corrected chi connectivity index (χ2v) is 11.5. The van der Waals surface area contributed by atoms with Gasteiger partial charge in [-0.15, -0.1) is 11.3 Å². The largest absolute Gasteiger partial charge is 0.378 e. The Hall–Kier alpha value is -4.15. The fourth-order valence-corrected chi connectivity index (χ4v) is 6.48.